The second-order valence-corrected chi connectivity index (χ2v) is 6.38. The summed E-state index contributed by atoms with van der Waals surface area (Å²) in [6.45, 7) is 0.818. The number of benzene rings is 2. The van der Waals surface area contributed by atoms with Gasteiger partial charge in [-0.25, -0.2) is 9.97 Å². The Hall–Kier alpha value is -2.88. The highest BCUT2D eigenvalue weighted by molar-refractivity contribution is 5.81. The molecule has 2 aromatic carbocycles. The summed E-state index contributed by atoms with van der Waals surface area (Å²) in [7, 11) is 0. The van der Waals surface area contributed by atoms with Crippen molar-refractivity contribution in [2.45, 2.75) is 12.8 Å². The van der Waals surface area contributed by atoms with Crippen LogP contribution in [0.15, 0.2) is 60.9 Å². The molecule has 1 aliphatic rings. The first kappa shape index (κ1) is 13.5. The molecule has 0 atom stereocenters. The molecule has 118 valence electrons. The van der Waals surface area contributed by atoms with Crippen LogP contribution in [0, 0.1) is 5.92 Å². The van der Waals surface area contributed by atoms with E-state index in [1.165, 1.54) is 12.8 Å². The lowest BCUT2D eigenvalue weighted by atomic mass is 10.2. The van der Waals surface area contributed by atoms with Crippen molar-refractivity contribution >= 4 is 21.9 Å². The number of ether oxygens (including phenoxy) is 1. The molecule has 24 heavy (non-hydrogen) atoms. The van der Waals surface area contributed by atoms with Crippen molar-refractivity contribution in [1.29, 1.82) is 0 Å². The maximum Gasteiger partial charge on any atom is 0.139 e. The Morgan fingerprint density at radius 3 is 2.83 bits per heavy atom. The van der Waals surface area contributed by atoms with Crippen LogP contribution in [-0.4, -0.2) is 21.1 Å². The average molecular weight is 315 g/mol. The van der Waals surface area contributed by atoms with Crippen LogP contribution in [0.3, 0.4) is 0 Å². The van der Waals surface area contributed by atoms with Crippen molar-refractivity contribution < 1.29 is 4.74 Å². The van der Waals surface area contributed by atoms with E-state index in [0.717, 1.165) is 46.0 Å². The first-order valence-electron chi connectivity index (χ1n) is 8.33. The van der Waals surface area contributed by atoms with E-state index in [0.29, 0.717) is 0 Å². The number of hydrogen-bond donors (Lipinski definition) is 0. The predicted molar refractivity (Wildman–Crippen MR) is 94.6 cm³/mol. The monoisotopic (exact) mass is 315 g/mol. The fraction of sp³-hybridized carbons (Fsp3) is 0.200. The second-order valence-electron chi connectivity index (χ2n) is 6.38. The molecule has 1 fully saturated rings. The Labute approximate surface area is 139 Å². The van der Waals surface area contributed by atoms with Gasteiger partial charge < -0.3 is 4.74 Å². The largest absolute Gasteiger partial charge is 0.493 e. The molecular formula is C20H17N3O. The fourth-order valence-electron chi connectivity index (χ4n) is 2.95. The minimum atomic E-state index is 0.750. The van der Waals surface area contributed by atoms with E-state index in [9.17, 15) is 0 Å². The molecule has 4 heteroatoms. The molecule has 0 bridgehead atoms. The quantitative estimate of drug-likeness (QED) is 0.561. The van der Waals surface area contributed by atoms with Gasteiger partial charge in [-0.2, -0.15) is 0 Å². The van der Waals surface area contributed by atoms with Crippen molar-refractivity contribution in [3.63, 3.8) is 0 Å². The van der Waals surface area contributed by atoms with Gasteiger partial charge in [0, 0.05) is 11.5 Å². The molecule has 1 aliphatic carbocycles. The number of pyridine rings is 1. The molecule has 0 amide bonds. The third-order valence-electron chi connectivity index (χ3n) is 4.53. The summed E-state index contributed by atoms with van der Waals surface area (Å²) in [6, 6.07) is 18.3. The minimum Gasteiger partial charge on any atom is -0.493 e. The Balaban J connectivity index is 1.53. The Bertz CT molecular complexity index is 1030. The summed E-state index contributed by atoms with van der Waals surface area (Å²) >= 11 is 0. The number of rotatable bonds is 4. The third kappa shape index (κ3) is 2.40. The molecule has 4 nitrogen and oxygen atoms in total. The summed E-state index contributed by atoms with van der Waals surface area (Å²) in [6.07, 6.45) is 4.42. The number of hydrogen-bond acceptors (Lipinski definition) is 3. The van der Waals surface area contributed by atoms with Crippen molar-refractivity contribution in [1.82, 2.24) is 14.5 Å². The molecule has 5 rings (SSSR count). The van der Waals surface area contributed by atoms with Crippen LogP contribution in [0.5, 0.6) is 5.75 Å². The van der Waals surface area contributed by atoms with Crippen LogP contribution in [-0.2, 0) is 0 Å². The van der Waals surface area contributed by atoms with Gasteiger partial charge in [-0.05, 0) is 49.1 Å². The van der Waals surface area contributed by atoms with Gasteiger partial charge in [0.15, 0.2) is 0 Å². The van der Waals surface area contributed by atoms with Gasteiger partial charge in [0.25, 0.3) is 0 Å². The van der Waals surface area contributed by atoms with Gasteiger partial charge in [0.2, 0.25) is 0 Å². The summed E-state index contributed by atoms with van der Waals surface area (Å²) in [4.78, 5) is 9.27. The van der Waals surface area contributed by atoms with Gasteiger partial charge in [0.05, 0.1) is 23.2 Å². The van der Waals surface area contributed by atoms with Gasteiger partial charge in [-0.1, -0.05) is 18.2 Å². The van der Waals surface area contributed by atoms with Gasteiger partial charge in [-0.15, -0.1) is 0 Å². The van der Waals surface area contributed by atoms with E-state index in [-0.39, 0.29) is 0 Å². The van der Waals surface area contributed by atoms with Crippen LogP contribution in [0.2, 0.25) is 0 Å². The van der Waals surface area contributed by atoms with Crippen molar-refractivity contribution in [2.24, 2.45) is 5.92 Å². The zero-order chi connectivity index (χ0) is 15.9. The topological polar surface area (TPSA) is 39.9 Å². The number of nitrogens with zero attached hydrogens (tertiary/aromatic N) is 3. The molecular weight excluding hydrogens is 298 g/mol. The molecule has 0 aliphatic heterocycles. The molecule has 0 N–H and O–H groups in total. The van der Waals surface area contributed by atoms with Gasteiger partial charge in [0.1, 0.15) is 17.9 Å². The lowest BCUT2D eigenvalue weighted by Crippen LogP contribution is -1.99. The third-order valence-corrected chi connectivity index (χ3v) is 4.53. The standard InChI is InChI=1S/C20H17N3O/c1-2-4-17-15(3-1)7-10-20(22-17)23-13-21-18-11-16(8-9-19(18)23)24-12-14-5-6-14/h1-4,7-11,13-14H,5-6,12H2. The molecule has 0 saturated heterocycles. The van der Waals surface area contributed by atoms with Gasteiger partial charge in [-0.3, -0.25) is 4.57 Å². The molecule has 0 unspecified atom stereocenters. The van der Waals surface area contributed by atoms with E-state index < -0.39 is 0 Å². The van der Waals surface area contributed by atoms with Crippen molar-refractivity contribution in [3.05, 3.63) is 60.9 Å². The van der Waals surface area contributed by atoms with E-state index in [1.807, 2.05) is 47.3 Å². The molecule has 1 saturated carbocycles. The van der Waals surface area contributed by atoms with E-state index in [2.05, 4.69) is 23.2 Å². The van der Waals surface area contributed by atoms with Crippen molar-refractivity contribution in [2.75, 3.05) is 6.61 Å². The van der Waals surface area contributed by atoms with E-state index in [4.69, 9.17) is 9.72 Å². The summed E-state index contributed by atoms with van der Waals surface area (Å²) < 4.78 is 7.87. The predicted octanol–water partition coefficient (Wildman–Crippen LogP) is 4.36. The zero-order valence-electron chi connectivity index (χ0n) is 13.2. The van der Waals surface area contributed by atoms with Crippen LogP contribution >= 0.6 is 0 Å². The SMILES string of the molecule is c1ccc2nc(-n3cnc4cc(OCC5CC5)ccc43)ccc2c1. The fourth-order valence-corrected chi connectivity index (χ4v) is 2.95. The number of aromatic nitrogens is 3. The summed E-state index contributed by atoms with van der Waals surface area (Å²) in [5, 5.41) is 1.14. The van der Waals surface area contributed by atoms with Crippen LogP contribution in [0.25, 0.3) is 27.8 Å². The summed E-state index contributed by atoms with van der Waals surface area (Å²) in [5.41, 5.74) is 2.95. The Morgan fingerprint density at radius 1 is 1.00 bits per heavy atom. The van der Waals surface area contributed by atoms with Crippen LogP contribution in [0.4, 0.5) is 0 Å². The summed E-state index contributed by atoms with van der Waals surface area (Å²) in [5.74, 6) is 2.52. The number of imidazole rings is 1. The second kappa shape index (κ2) is 5.34. The van der Waals surface area contributed by atoms with E-state index in [1.54, 1.807) is 0 Å². The van der Waals surface area contributed by atoms with Crippen LogP contribution in [0.1, 0.15) is 12.8 Å². The minimum absolute atomic E-state index is 0.750. The average Bonchev–Trinajstić information content (AvgIpc) is 3.37. The lowest BCUT2D eigenvalue weighted by Gasteiger charge is -2.07. The van der Waals surface area contributed by atoms with Gasteiger partial charge >= 0.3 is 0 Å². The molecule has 2 aromatic heterocycles. The maximum absolute atomic E-state index is 5.85. The first-order valence-corrected chi connectivity index (χ1v) is 8.33. The Kier molecular flexibility index (Phi) is 3.01. The normalized spacial score (nSPS) is 14.3. The number of fused-ring (bicyclic) bond motifs is 2. The molecule has 0 radical (unpaired) electrons. The van der Waals surface area contributed by atoms with Crippen molar-refractivity contribution in [3.8, 4) is 11.6 Å². The molecule has 0 spiro atoms. The van der Waals surface area contributed by atoms with Crippen LogP contribution < -0.4 is 4.74 Å². The Morgan fingerprint density at radius 2 is 1.92 bits per heavy atom. The highest BCUT2D eigenvalue weighted by Crippen LogP contribution is 2.30. The maximum atomic E-state index is 5.85. The zero-order valence-corrected chi connectivity index (χ0v) is 13.2. The highest BCUT2D eigenvalue weighted by Gasteiger charge is 2.22. The number of para-hydroxylation sites is 1. The van der Waals surface area contributed by atoms with E-state index >= 15 is 0 Å². The first-order chi connectivity index (χ1) is 11.9. The highest BCUT2D eigenvalue weighted by atomic mass is 16.5. The molecule has 2 heterocycles. The molecule has 4 aromatic rings. The smallest absolute Gasteiger partial charge is 0.139 e. The lowest BCUT2D eigenvalue weighted by molar-refractivity contribution is 0.300.